The van der Waals surface area contributed by atoms with E-state index in [0.717, 1.165) is 34.3 Å². The molecule has 1 aliphatic rings. The highest BCUT2D eigenvalue weighted by atomic mass is 19.4. The summed E-state index contributed by atoms with van der Waals surface area (Å²) in [7, 11) is 0. The number of aromatic nitrogens is 3. The Hall–Kier alpha value is -3.68. The van der Waals surface area contributed by atoms with Gasteiger partial charge < -0.3 is 5.32 Å². The Morgan fingerprint density at radius 2 is 1.75 bits per heavy atom. The van der Waals surface area contributed by atoms with E-state index in [1.165, 1.54) is 12.1 Å². The summed E-state index contributed by atoms with van der Waals surface area (Å²) in [5.74, 6) is -0.206. The highest BCUT2D eigenvalue weighted by molar-refractivity contribution is 6.01. The van der Waals surface area contributed by atoms with Gasteiger partial charge in [-0.05, 0) is 66.8 Å². The van der Waals surface area contributed by atoms with Gasteiger partial charge in [0, 0.05) is 16.8 Å². The number of anilines is 1. The summed E-state index contributed by atoms with van der Waals surface area (Å²) in [5.41, 5.74) is 3.28. The van der Waals surface area contributed by atoms with Gasteiger partial charge in [0.25, 0.3) is 0 Å². The molecule has 1 amide bonds. The summed E-state index contributed by atoms with van der Waals surface area (Å²) in [6, 6.07) is 14.3. The van der Waals surface area contributed by atoms with E-state index < -0.39 is 17.2 Å². The highest BCUT2D eigenvalue weighted by Crippen LogP contribution is 2.49. The average molecular weight is 436 g/mol. The molecule has 5 nitrogen and oxygen atoms in total. The van der Waals surface area contributed by atoms with E-state index >= 15 is 0 Å². The van der Waals surface area contributed by atoms with Crippen molar-refractivity contribution in [2.75, 3.05) is 5.32 Å². The predicted molar refractivity (Wildman–Crippen MR) is 115 cm³/mol. The normalized spacial score (nSPS) is 15.0. The van der Waals surface area contributed by atoms with Crippen LogP contribution in [0.4, 0.5) is 18.9 Å². The maximum absolute atomic E-state index is 13.0. The van der Waals surface area contributed by atoms with Crippen molar-refractivity contribution in [2.45, 2.75) is 31.4 Å². The molecular weight excluding hydrogens is 417 g/mol. The number of aromatic amines is 1. The second-order valence-corrected chi connectivity index (χ2v) is 8.13. The summed E-state index contributed by atoms with van der Waals surface area (Å²) < 4.78 is 38.5. The van der Waals surface area contributed by atoms with Crippen LogP contribution in [0.25, 0.3) is 22.2 Å². The molecule has 1 aliphatic carbocycles. The molecule has 1 saturated carbocycles. The molecule has 2 N–H and O–H groups in total. The molecule has 0 bridgehead atoms. The molecule has 0 aliphatic heterocycles. The van der Waals surface area contributed by atoms with E-state index in [0.29, 0.717) is 29.7 Å². The molecule has 5 rings (SSSR count). The van der Waals surface area contributed by atoms with Gasteiger partial charge in [-0.15, -0.1) is 0 Å². The number of carbonyl (C=O) groups excluding carboxylic acids is 1. The number of carbonyl (C=O) groups is 1. The molecule has 0 radical (unpaired) electrons. The maximum Gasteiger partial charge on any atom is 0.416 e. The SMILES string of the molecule is Cc1cc(-c2ccc(NC(=O)C3(c4ccc(C(F)(F)F)cc4)CC3)cc2)c2cn[nH]c2n1. The Morgan fingerprint density at radius 1 is 1.06 bits per heavy atom. The van der Waals surface area contributed by atoms with Crippen molar-refractivity contribution in [3.05, 3.63) is 77.6 Å². The van der Waals surface area contributed by atoms with Crippen molar-refractivity contribution >= 4 is 22.6 Å². The van der Waals surface area contributed by atoms with Crippen molar-refractivity contribution in [1.82, 2.24) is 15.2 Å². The van der Waals surface area contributed by atoms with E-state index in [1.54, 1.807) is 6.20 Å². The van der Waals surface area contributed by atoms with Gasteiger partial charge in [-0.25, -0.2) is 4.98 Å². The lowest BCUT2D eigenvalue weighted by molar-refractivity contribution is -0.137. The molecule has 2 aromatic heterocycles. The first-order chi connectivity index (χ1) is 15.3. The smallest absolute Gasteiger partial charge is 0.325 e. The second-order valence-electron chi connectivity index (χ2n) is 8.13. The van der Waals surface area contributed by atoms with E-state index in [9.17, 15) is 18.0 Å². The molecule has 0 atom stereocenters. The van der Waals surface area contributed by atoms with E-state index in [1.807, 2.05) is 37.3 Å². The fraction of sp³-hybridized carbons (Fsp3) is 0.208. The Balaban J connectivity index is 1.35. The zero-order chi connectivity index (χ0) is 22.5. The standard InChI is InChI=1S/C24H19F3N4O/c1-14-12-19(20-13-28-31-21(20)29-14)15-2-8-18(9-3-15)30-22(32)23(10-11-23)16-4-6-17(7-5-16)24(25,26)27/h2-9,12-13H,10-11H2,1H3,(H,30,32)(H,28,29,31). The van der Waals surface area contributed by atoms with Crippen LogP contribution >= 0.6 is 0 Å². The molecular formula is C24H19F3N4O. The van der Waals surface area contributed by atoms with Gasteiger partial charge in [0.1, 0.15) is 0 Å². The maximum atomic E-state index is 13.0. The summed E-state index contributed by atoms with van der Waals surface area (Å²) in [5, 5.41) is 10.8. The summed E-state index contributed by atoms with van der Waals surface area (Å²) in [6.45, 7) is 1.91. The minimum Gasteiger partial charge on any atom is -0.325 e. The zero-order valence-corrected chi connectivity index (χ0v) is 17.1. The van der Waals surface area contributed by atoms with Crippen molar-refractivity contribution in [1.29, 1.82) is 0 Å². The summed E-state index contributed by atoms with van der Waals surface area (Å²) in [6.07, 6.45) is -1.45. The van der Waals surface area contributed by atoms with Crippen molar-refractivity contribution < 1.29 is 18.0 Å². The van der Waals surface area contributed by atoms with E-state index in [2.05, 4.69) is 20.5 Å². The second kappa shape index (κ2) is 7.19. The van der Waals surface area contributed by atoms with E-state index in [4.69, 9.17) is 0 Å². The average Bonchev–Trinajstić information content (AvgIpc) is 3.45. The predicted octanol–water partition coefficient (Wildman–Crippen LogP) is 5.62. The van der Waals surface area contributed by atoms with Gasteiger partial charge in [-0.1, -0.05) is 24.3 Å². The lowest BCUT2D eigenvalue weighted by Crippen LogP contribution is -2.27. The number of pyridine rings is 1. The Morgan fingerprint density at radius 3 is 2.38 bits per heavy atom. The third-order valence-corrected chi connectivity index (χ3v) is 5.95. The third kappa shape index (κ3) is 3.51. The monoisotopic (exact) mass is 436 g/mol. The first-order valence-electron chi connectivity index (χ1n) is 10.2. The fourth-order valence-corrected chi connectivity index (χ4v) is 4.03. The lowest BCUT2D eigenvalue weighted by Gasteiger charge is -2.17. The molecule has 2 heterocycles. The Bertz CT molecular complexity index is 1300. The number of aryl methyl sites for hydroxylation is 1. The van der Waals surface area contributed by atoms with Crippen molar-refractivity contribution in [3.8, 4) is 11.1 Å². The van der Waals surface area contributed by atoms with E-state index in [-0.39, 0.29) is 5.91 Å². The number of fused-ring (bicyclic) bond motifs is 1. The van der Waals surface area contributed by atoms with Gasteiger partial charge in [0.2, 0.25) is 5.91 Å². The largest absolute Gasteiger partial charge is 0.416 e. The molecule has 0 saturated heterocycles. The number of benzene rings is 2. The van der Waals surface area contributed by atoms with Crippen LogP contribution in [-0.4, -0.2) is 21.1 Å². The Kier molecular flexibility index (Phi) is 4.54. The summed E-state index contributed by atoms with van der Waals surface area (Å²) >= 11 is 0. The van der Waals surface area contributed by atoms with Crippen molar-refractivity contribution in [2.24, 2.45) is 0 Å². The minimum atomic E-state index is -4.39. The van der Waals surface area contributed by atoms with Crippen LogP contribution in [0.5, 0.6) is 0 Å². The molecule has 8 heteroatoms. The number of alkyl halides is 3. The van der Waals surface area contributed by atoms with Gasteiger partial charge in [-0.2, -0.15) is 18.3 Å². The third-order valence-electron chi connectivity index (χ3n) is 5.95. The minimum absolute atomic E-state index is 0.206. The van der Waals surface area contributed by atoms with Crippen LogP contribution in [0.3, 0.4) is 0 Å². The quantitative estimate of drug-likeness (QED) is 0.436. The van der Waals surface area contributed by atoms with Crippen LogP contribution in [0.15, 0.2) is 60.8 Å². The number of hydrogen-bond acceptors (Lipinski definition) is 3. The number of rotatable bonds is 4. The fourth-order valence-electron chi connectivity index (χ4n) is 4.03. The van der Waals surface area contributed by atoms with Gasteiger partial charge >= 0.3 is 6.18 Å². The van der Waals surface area contributed by atoms with Crippen LogP contribution in [0.1, 0.15) is 29.7 Å². The number of hydrogen-bond donors (Lipinski definition) is 2. The first kappa shape index (κ1) is 20.2. The lowest BCUT2D eigenvalue weighted by atomic mass is 9.93. The van der Waals surface area contributed by atoms with Gasteiger partial charge in [0.05, 0.1) is 17.2 Å². The number of halogens is 3. The molecule has 2 aromatic carbocycles. The highest BCUT2D eigenvalue weighted by Gasteiger charge is 2.51. The van der Waals surface area contributed by atoms with Crippen LogP contribution in [-0.2, 0) is 16.4 Å². The molecule has 32 heavy (non-hydrogen) atoms. The number of H-pyrrole nitrogens is 1. The zero-order valence-electron chi connectivity index (χ0n) is 17.1. The van der Waals surface area contributed by atoms with Gasteiger partial charge in [0.15, 0.2) is 5.65 Å². The van der Waals surface area contributed by atoms with Crippen molar-refractivity contribution in [3.63, 3.8) is 0 Å². The van der Waals surface area contributed by atoms with Crippen LogP contribution in [0, 0.1) is 6.92 Å². The number of nitrogens with one attached hydrogen (secondary N) is 2. The number of nitrogens with zero attached hydrogens (tertiary/aromatic N) is 2. The van der Waals surface area contributed by atoms with Gasteiger partial charge in [-0.3, -0.25) is 9.89 Å². The molecule has 0 spiro atoms. The topological polar surface area (TPSA) is 70.7 Å². The van der Waals surface area contributed by atoms with Crippen LogP contribution < -0.4 is 5.32 Å². The molecule has 0 unspecified atom stereocenters. The number of amides is 1. The molecule has 1 fully saturated rings. The van der Waals surface area contributed by atoms with Crippen LogP contribution in [0.2, 0.25) is 0 Å². The molecule has 4 aromatic rings. The summed E-state index contributed by atoms with van der Waals surface area (Å²) in [4.78, 5) is 17.4. The Labute approximate surface area is 181 Å². The molecule has 162 valence electrons. The first-order valence-corrected chi connectivity index (χ1v) is 10.2.